The molecule has 5 rings (SSSR count). The number of hydrogen-bond donors (Lipinski definition) is 1. The zero-order valence-electron chi connectivity index (χ0n) is 21.5. The summed E-state index contributed by atoms with van der Waals surface area (Å²) in [4.78, 5) is 18.9. The molecule has 0 saturated heterocycles. The number of carbonyl (C=O) groups is 1. The summed E-state index contributed by atoms with van der Waals surface area (Å²) >= 11 is 10.8. The van der Waals surface area contributed by atoms with Gasteiger partial charge in [0.2, 0.25) is 0 Å². The number of fused-ring (bicyclic) bond motifs is 1. The molecule has 3 aromatic carbocycles. The lowest BCUT2D eigenvalue weighted by molar-refractivity contribution is -0.114. The van der Waals surface area contributed by atoms with E-state index in [9.17, 15) is 4.79 Å². The Kier molecular flexibility index (Phi) is 8.94. The quantitative estimate of drug-likeness (QED) is 0.181. The molecule has 2 aliphatic rings. The van der Waals surface area contributed by atoms with Gasteiger partial charge in [0.25, 0.3) is 5.91 Å². The highest BCUT2D eigenvalue weighted by Crippen LogP contribution is 2.40. The van der Waals surface area contributed by atoms with Crippen LogP contribution in [0, 0.1) is 5.41 Å². The summed E-state index contributed by atoms with van der Waals surface area (Å²) < 4.78 is 18.3. The van der Waals surface area contributed by atoms with E-state index in [0.29, 0.717) is 58.0 Å². The molecule has 1 amide bonds. The molecule has 0 aliphatic carbocycles. The molecule has 10 heteroatoms. The van der Waals surface area contributed by atoms with Crippen LogP contribution in [0.3, 0.4) is 0 Å². The summed E-state index contributed by atoms with van der Waals surface area (Å²) in [6.07, 6.45) is 2.32. The number of aliphatic imine (C=N–C) groups is 1. The molecule has 0 atom stereocenters. The molecule has 40 heavy (non-hydrogen) atoms. The van der Waals surface area contributed by atoms with Crippen molar-refractivity contribution in [1.29, 1.82) is 5.41 Å². The van der Waals surface area contributed by atoms with E-state index in [1.807, 2.05) is 60.9 Å². The number of carbonyl (C=O) groups excluding carboxylic acids is 1. The minimum Gasteiger partial charge on any atom is -0.493 e. The molecular weight excluding hydrogens is 614 g/mol. The van der Waals surface area contributed by atoms with E-state index in [1.165, 1.54) is 11.8 Å². The van der Waals surface area contributed by atoms with Gasteiger partial charge in [-0.05, 0) is 76.5 Å². The van der Waals surface area contributed by atoms with E-state index in [2.05, 4.69) is 20.9 Å². The molecule has 0 spiro atoms. The van der Waals surface area contributed by atoms with E-state index in [0.717, 1.165) is 17.0 Å². The monoisotopic (exact) mass is 637 g/mol. The molecule has 0 fully saturated rings. The Bertz CT molecular complexity index is 1520. The third-order valence-electron chi connectivity index (χ3n) is 5.94. The van der Waals surface area contributed by atoms with Crippen molar-refractivity contribution in [3.8, 4) is 17.2 Å². The van der Waals surface area contributed by atoms with Gasteiger partial charge in [-0.3, -0.25) is 15.1 Å². The average Bonchev–Trinajstić information content (AvgIpc) is 3.37. The topological polar surface area (TPSA) is 84.2 Å². The predicted octanol–water partition coefficient (Wildman–Crippen LogP) is 7.65. The van der Waals surface area contributed by atoms with E-state index in [-0.39, 0.29) is 11.4 Å². The van der Waals surface area contributed by atoms with Crippen molar-refractivity contribution >= 4 is 68.0 Å². The molecule has 2 aliphatic heterocycles. The minimum absolute atomic E-state index is 0.0743. The Morgan fingerprint density at radius 2 is 1.80 bits per heavy atom. The zero-order valence-corrected chi connectivity index (χ0v) is 24.7. The van der Waals surface area contributed by atoms with Gasteiger partial charge in [-0.1, -0.05) is 53.7 Å². The number of amidine groups is 2. The van der Waals surface area contributed by atoms with Crippen LogP contribution in [0.2, 0.25) is 5.02 Å². The third kappa shape index (κ3) is 6.27. The highest BCUT2D eigenvalue weighted by Gasteiger charge is 2.36. The minimum atomic E-state index is -0.457. The summed E-state index contributed by atoms with van der Waals surface area (Å²) in [5, 5.41) is 11.9. The lowest BCUT2D eigenvalue weighted by atomic mass is 10.1. The molecule has 1 N–H and O–H groups in total. The van der Waals surface area contributed by atoms with Crippen LogP contribution in [0.1, 0.15) is 24.5 Å². The van der Waals surface area contributed by atoms with Crippen molar-refractivity contribution in [1.82, 2.24) is 4.90 Å². The van der Waals surface area contributed by atoms with Crippen LogP contribution in [-0.2, 0) is 4.79 Å². The molecule has 7 nitrogen and oxygen atoms in total. The van der Waals surface area contributed by atoms with Crippen LogP contribution in [0.25, 0.3) is 11.8 Å². The van der Waals surface area contributed by atoms with E-state index in [1.54, 1.807) is 29.2 Å². The number of hydrogen-bond acceptors (Lipinski definition) is 6. The van der Waals surface area contributed by atoms with Gasteiger partial charge in [0.1, 0.15) is 11.6 Å². The molecule has 0 aromatic heterocycles. The number of nitrogens with one attached hydrogen (secondary N) is 1. The first-order valence-electron chi connectivity index (χ1n) is 12.6. The van der Waals surface area contributed by atoms with Crippen molar-refractivity contribution < 1.29 is 19.0 Å². The molecule has 2 heterocycles. The largest absolute Gasteiger partial charge is 0.493 e. The van der Waals surface area contributed by atoms with Crippen LogP contribution in [0.15, 0.2) is 87.2 Å². The fourth-order valence-electron chi connectivity index (χ4n) is 4.11. The smallest absolute Gasteiger partial charge is 0.283 e. The number of thioether (sulfide) groups is 1. The summed E-state index contributed by atoms with van der Waals surface area (Å²) in [7, 11) is 0. The average molecular weight is 639 g/mol. The first-order valence-corrected chi connectivity index (χ1v) is 14.6. The van der Waals surface area contributed by atoms with Crippen molar-refractivity contribution in [3.63, 3.8) is 0 Å². The first kappa shape index (κ1) is 28.0. The number of benzene rings is 3. The molecule has 0 saturated carbocycles. The van der Waals surface area contributed by atoms with Crippen molar-refractivity contribution in [2.24, 2.45) is 4.99 Å². The van der Waals surface area contributed by atoms with E-state index in [4.69, 9.17) is 31.2 Å². The van der Waals surface area contributed by atoms with Crippen LogP contribution >= 0.6 is 39.3 Å². The maximum atomic E-state index is 12.9. The summed E-state index contributed by atoms with van der Waals surface area (Å²) in [5.74, 6) is 1.46. The van der Waals surface area contributed by atoms with Gasteiger partial charge in [-0.15, -0.1) is 0 Å². The second-order valence-corrected chi connectivity index (χ2v) is 10.8. The van der Waals surface area contributed by atoms with Crippen molar-refractivity contribution in [2.75, 3.05) is 19.8 Å². The van der Waals surface area contributed by atoms with E-state index >= 15 is 0 Å². The summed E-state index contributed by atoms with van der Waals surface area (Å²) in [5.41, 5.74) is 2.63. The van der Waals surface area contributed by atoms with Crippen LogP contribution in [0.4, 0.5) is 0 Å². The molecule has 3 aromatic rings. The normalized spacial score (nSPS) is 15.6. The van der Waals surface area contributed by atoms with Gasteiger partial charge in [0.15, 0.2) is 16.7 Å². The Hall–Kier alpha value is -3.53. The fraction of sp³-hybridized carbons (Fsp3) is 0.167. The molecule has 0 unspecified atom stereocenters. The van der Waals surface area contributed by atoms with Gasteiger partial charge in [-0.25, -0.2) is 0 Å². The molecule has 0 radical (unpaired) electrons. The Balaban J connectivity index is 1.31. The fourth-order valence-corrected chi connectivity index (χ4v) is 5.70. The second kappa shape index (κ2) is 12.8. The van der Waals surface area contributed by atoms with Gasteiger partial charge >= 0.3 is 0 Å². The molecular formula is C30H25BrClN3O4S. The van der Waals surface area contributed by atoms with Gasteiger partial charge < -0.3 is 14.2 Å². The summed E-state index contributed by atoms with van der Waals surface area (Å²) in [6, 6.07) is 20.6. The molecule has 0 bridgehead atoms. The predicted molar refractivity (Wildman–Crippen MR) is 164 cm³/mol. The lowest BCUT2D eigenvalue weighted by Crippen LogP contribution is -2.38. The van der Waals surface area contributed by atoms with E-state index < -0.39 is 5.91 Å². The highest BCUT2D eigenvalue weighted by molar-refractivity contribution is 9.10. The van der Waals surface area contributed by atoms with Crippen LogP contribution in [-0.4, -0.2) is 41.6 Å². The maximum absolute atomic E-state index is 12.9. The maximum Gasteiger partial charge on any atom is 0.283 e. The lowest BCUT2D eigenvalue weighted by Gasteiger charge is -2.27. The van der Waals surface area contributed by atoms with Gasteiger partial charge in [0.05, 0.1) is 35.6 Å². The Labute approximate surface area is 250 Å². The van der Waals surface area contributed by atoms with Crippen molar-refractivity contribution in [2.45, 2.75) is 13.3 Å². The Morgan fingerprint density at radius 3 is 2.55 bits per heavy atom. The second-order valence-electron chi connectivity index (χ2n) is 8.70. The molecule has 204 valence electrons. The summed E-state index contributed by atoms with van der Waals surface area (Å²) in [6.45, 7) is 3.21. The SMILES string of the molecule is CCOc1cc(/C=C2/C(=N)N3C(c4ccccc4)=CSC3=NC2=O)cc(Br)c1OCCCOc1ccc(Cl)cc1. The number of ether oxygens (including phenoxy) is 3. The van der Waals surface area contributed by atoms with Gasteiger partial charge in [-0.2, -0.15) is 4.99 Å². The highest BCUT2D eigenvalue weighted by atomic mass is 79.9. The first-order chi connectivity index (χ1) is 19.4. The number of amides is 1. The third-order valence-corrected chi connectivity index (χ3v) is 7.61. The Morgan fingerprint density at radius 1 is 1.05 bits per heavy atom. The number of halogens is 2. The van der Waals surface area contributed by atoms with Crippen LogP contribution in [0.5, 0.6) is 17.2 Å². The van der Waals surface area contributed by atoms with Crippen LogP contribution < -0.4 is 14.2 Å². The van der Waals surface area contributed by atoms with Gasteiger partial charge in [0, 0.05) is 16.9 Å². The zero-order chi connectivity index (χ0) is 28.1. The number of rotatable bonds is 10. The number of nitrogens with zero attached hydrogens (tertiary/aromatic N) is 2. The standard InChI is InChI=1S/C30H25BrClN3O4S/c1-2-37-26-17-19(16-24(31)27(26)39-14-6-13-38-22-11-9-21(32)10-12-22)15-23-28(33)35-25(20-7-4-3-5-8-20)18-40-30(35)34-29(23)36/h3-5,7-12,15-18,33H,2,6,13-14H2,1H3/b23-15-,33-28?. The van der Waals surface area contributed by atoms with Crippen molar-refractivity contribution in [3.05, 3.63) is 98.3 Å².